The Balaban J connectivity index is 1.44. The van der Waals surface area contributed by atoms with Gasteiger partial charge in [0.2, 0.25) is 5.91 Å². The van der Waals surface area contributed by atoms with E-state index in [1.165, 1.54) is 17.6 Å². The highest BCUT2D eigenvalue weighted by atomic mass is 32.1. The summed E-state index contributed by atoms with van der Waals surface area (Å²) in [5.74, 6) is 0.206. The maximum atomic E-state index is 12.3. The molecule has 9 heteroatoms. The molecule has 2 amide bonds. The number of nitrogens with zero attached hydrogens (tertiary/aromatic N) is 2. The van der Waals surface area contributed by atoms with Crippen molar-refractivity contribution in [3.63, 3.8) is 0 Å². The number of thiazole rings is 1. The molecule has 2 N–H and O–H groups in total. The molecule has 1 saturated carbocycles. The first kappa shape index (κ1) is 16.5. The number of rotatable bonds is 6. The van der Waals surface area contributed by atoms with Crippen LogP contribution in [-0.4, -0.2) is 28.4 Å². The Labute approximate surface area is 152 Å². The van der Waals surface area contributed by atoms with E-state index in [0.29, 0.717) is 11.7 Å². The highest BCUT2D eigenvalue weighted by Gasteiger charge is 2.30. The smallest absolute Gasteiger partial charge is 0.302 e. The molecule has 4 rings (SSSR count). The zero-order valence-electron chi connectivity index (χ0n) is 13.9. The lowest BCUT2D eigenvalue weighted by molar-refractivity contribution is -0.117. The molecule has 0 bridgehead atoms. The van der Waals surface area contributed by atoms with E-state index in [4.69, 9.17) is 9.15 Å². The van der Waals surface area contributed by atoms with Crippen LogP contribution in [-0.2, 0) is 4.79 Å². The number of carbonyl (C=O) groups is 2. The monoisotopic (exact) mass is 372 g/mol. The van der Waals surface area contributed by atoms with Crippen molar-refractivity contribution in [3.8, 4) is 5.75 Å². The summed E-state index contributed by atoms with van der Waals surface area (Å²) in [6, 6.07) is 5.59. The van der Waals surface area contributed by atoms with Gasteiger partial charge in [-0.3, -0.25) is 20.2 Å². The number of amides is 2. The van der Waals surface area contributed by atoms with E-state index in [-0.39, 0.29) is 23.5 Å². The molecule has 2 heterocycles. The van der Waals surface area contributed by atoms with Gasteiger partial charge in [0, 0.05) is 5.92 Å². The fourth-order valence-corrected chi connectivity index (χ4v) is 3.25. The number of carbonyl (C=O) groups excluding carboxylic acids is 2. The van der Waals surface area contributed by atoms with Gasteiger partial charge < -0.3 is 9.15 Å². The van der Waals surface area contributed by atoms with E-state index in [1.807, 2.05) is 25.1 Å². The molecule has 1 fully saturated rings. The van der Waals surface area contributed by atoms with Crippen LogP contribution in [0.3, 0.4) is 0 Å². The van der Waals surface area contributed by atoms with E-state index in [2.05, 4.69) is 20.6 Å². The molecule has 0 radical (unpaired) electrons. The van der Waals surface area contributed by atoms with E-state index in [0.717, 1.165) is 28.8 Å². The average Bonchev–Trinajstić information content (AvgIpc) is 3.24. The second kappa shape index (κ2) is 6.75. The predicted molar refractivity (Wildman–Crippen MR) is 96.6 cm³/mol. The van der Waals surface area contributed by atoms with E-state index < -0.39 is 5.91 Å². The first-order chi connectivity index (χ1) is 12.6. The number of ether oxygens (including phenoxy) is 1. The van der Waals surface area contributed by atoms with Crippen LogP contribution in [0.5, 0.6) is 5.75 Å². The second-order valence-electron chi connectivity index (χ2n) is 5.84. The van der Waals surface area contributed by atoms with Crippen LogP contribution in [0.15, 0.2) is 28.9 Å². The molecule has 26 heavy (non-hydrogen) atoms. The lowest BCUT2D eigenvalue weighted by Crippen LogP contribution is -2.15. The predicted octanol–water partition coefficient (Wildman–Crippen LogP) is 3.28. The van der Waals surface area contributed by atoms with Gasteiger partial charge in [-0.05, 0) is 38.0 Å². The van der Waals surface area contributed by atoms with Gasteiger partial charge in [-0.1, -0.05) is 11.3 Å². The van der Waals surface area contributed by atoms with E-state index >= 15 is 0 Å². The topological polar surface area (TPSA) is 106 Å². The summed E-state index contributed by atoms with van der Waals surface area (Å²) in [5, 5.41) is 5.70. The summed E-state index contributed by atoms with van der Waals surface area (Å²) >= 11 is 1.34. The maximum absolute atomic E-state index is 12.3. The molecule has 0 aliphatic heterocycles. The van der Waals surface area contributed by atoms with Gasteiger partial charge in [-0.2, -0.15) is 4.98 Å². The molecule has 1 aromatic carbocycles. The van der Waals surface area contributed by atoms with Gasteiger partial charge in [-0.25, -0.2) is 4.98 Å². The number of benzene rings is 1. The third kappa shape index (κ3) is 3.52. The Morgan fingerprint density at radius 3 is 2.92 bits per heavy atom. The third-order valence-corrected chi connectivity index (χ3v) is 4.74. The summed E-state index contributed by atoms with van der Waals surface area (Å²) in [5.41, 5.74) is 0.844. The molecular formula is C17H16N4O4S. The molecule has 8 nitrogen and oxygen atoms in total. The Kier molecular flexibility index (Phi) is 4.29. The average molecular weight is 372 g/mol. The lowest BCUT2D eigenvalue weighted by Gasteiger charge is -2.00. The first-order valence-corrected chi connectivity index (χ1v) is 9.05. The van der Waals surface area contributed by atoms with Crippen LogP contribution in [0.1, 0.15) is 30.3 Å². The standard InChI is InChI=1S/C17H16N4O4S/c1-2-24-10-5-6-11-13(7-10)26-17(19-11)21-15(23)12-8-25-16(18-12)20-14(22)9-3-4-9/h5-9H,2-4H2,1H3,(H,18,20,22)(H,19,21,23). The number of hydrogen-bond acceptors (Lipinski definition) is 7. The van der Waals surface area contributed by atoms with Gasteiger partial charge in [0.25, 0.3) is 5.91 Å². The van der Waals surface area contributed by atoms with E-state index in [9.17, 15) is 9.59 Å². The van der Waals surface area contributed by atoms with Crippen molar-refractivity contribution >= 4 is 44.5 Å². The SMILES string of the molecule is CCOc1ccc2nc(NC(=O)c3coc(NC(=O)C4CC4)n3)sc2c1. The number of hydrogen-bond donors (Lipinski definition) is 2. The fourth-order valence-electron chi connectivity index (χ4n) is 2.36. The summed E-state index contributed by atoms with van der Waals surface area (Å²) < 4.78 is 11.5. The molecule has 0 saturated heterocycles. The highest BCUT2D eigenvalue weighted by molar-refractivity contribution is 7.22. The van der Waals surface area contributed by atoms with Crippen molar-refractivity contribution in [2.45, 2.75) is 19.8 Å². The molecule has 1 aliphatic rings. The van der Waals surface area contributed by atoms with Crippen LogP contribution in [0.4, 0.5) is 11.1 Å². The van der Waals surface area contributed by atoms with E-state index in [1.54, 1.807) is 0 Å². The van der Waals surface area contributed by atoms with Gasteiger partial charge in [-0.15, -0.1) is 0 Å². The Bertz CT molecular complexity index is 976. The van der Waals surface area contributed by atoms with Crippen molar-refractivity contribution in [2.24, 2.45) is 5.92 Å². The Morgan fingerprint density at radius 1 is 1.31 bits per heavy atom. The maximum Gasteiger partial charge on any atom is 0.302 e. The number of fused-ring (bicyclic) bond motifs is 1. The number of oxazole rings is 1. The van der Waals surface area contributed by atoms with Gasteiger partial charge in [0.05, 0.1) is 16.8 Å². The third-order valence-electron chi connectivity index (χ3n) is 3.81. The van der Waals surface area contributed by atoms with Crippen LogP contribution < -0.4 is 15.4 Å². The van der Waals surface area contributed by atoms with Gasteiger partial charge >= 0.3 is 6.01 Å². The first-order valence-electron chi connectivity index (χ1n) is 8.23. The van der Waals surface area contributed by atoms with Crippen molar-refractivity contribution in [2.75, 3.05) is 17.2 Å². The van der Waals surface area contributed by atoms with Crippen molar-refractivity contribution in [1.82, 2.24) is 9.97 Å². The van der Waals surface area contributed by atoms with Crippen molar-refractivity contribution in [1.29, 1.82) is 0 Å². The van der Waals surface area contributed by atoms with Crippen molar-refractivity contribution < 1.29 is 18.7 Å². The molecule has 1 aliphatic carbocycles. The molecule has 134 valence electrons. The second-order valence-corrected chi connectivity index (χ2v) is 6.87. The summed E-state index contributed by atoms with van der Waals surface area (Å²) in [7, 11) is 0. The number of aromatic nitrogens is 2. The zero-order chi connectivity index (χ0) is 18.1. The Morgan fingerprint density at radius 2 is 2.15 bits per heavy atom. The summed E-state index contributed by atoms with van der Waals surface area (Å²) in [6.45, 7) is 2.50. The van der Waals surface area contributed by atoms with Crippen LogP contribution >= 0.6 is 11.3 Å². The largest absolute Gasteiger partial charge is 0.494 e. The van der Waals surface area contributed by atoms with Crippen LogP contribution in [0.2, 0.25) is 0 Å². The molecule has 2 aromatic heterocycles. The van der Waals surface area contributed by atoms with Gasteiger partial charge in [0.1, 0.15) is 12.0 Å². The molecule has 0 atom stereocenters. The number of nitrogens with one attached hydrogen (secondary N) is 2. The normalized spacial score (nSPS) is 13.6. The van der Waals surface area contributed by atoms with Crippen molar-refractivity contribution in [3.05, 3.63) is 30.2 Å². The minimum Gasteiger partial charge on any atom is -0.494 e. The minimum atomic E-state index is -0.454. The Hall–Kier alpha value is -2.94. The lowest BCUT2D eigenvalue weighted by atomic mass is 10.3. The summed E-state index contributed by atoms with van der Waals surface area (Å²) in [4.78, 5) is 32.4. The zero-order valence-corrected chi connectivity index (χ0v) is 14.8. The molecule has 0 unspecified atom stereocenters. The quantitative estimate of drug-likeness (QED) is 0.688. The molecular weight excluding hydrogens is 356 g/mol. The minimum absolute atomic E-state index is 0.0257. The molecule has 0 spiro atoms. The number of anilines is 2. The van der Waals surface area contributed by atoms with Crippen LogP contribution in [0.25, 0.3) is 10.2 Å². The van der Waals surface area contributed by atoms with Crippen LogP contribution in [0, 0.1) is 5.92 Å². The fraction of sp³-hybridized carbons (Fsp3) is 0.294. The summed E-state index contributed by atoms with van der Waals surface area (Å²) in [6.07, 6.45) is 2.96. The van der Waals surface area contributed by atoms with Gasteiger partial charge in [0.15, 0.2) is 10.8 Å². The highest BCUT2D eigenvalue weighted by Crippen LogP contribution is 2.31. The molecule has 3 aromatic rings.